The predicted octanol–water partition coefficient (Wildman–Crippen LogP) is 3.17. The first-order valence-corrected chi connectivity index (χ1v) is 9.15. The van der Waals surface area contributed by atoms with Crippen molar-refractivity contribution in [1.29, 1.82) is 0 Å². The van der Waals surface area contributed by atoms with Gasteiger partial charge in [-0.15, -0.1) is 0 Å². The van der Waals surface area contributed by atoms with Gasteiger partial charge in [0.15, 0.2) is 0 Å². The molecule has 1 fully saturated rings. The number of carbonyl (C=O) groups is 1. The number of nitrogens with one attached hydrogen (secondary N) is 1. The second kappa shape index (κ2) is 8.13. The van der Waals surface area contributed by atoms with Crippen LogP contribution >= 0.6 is 0 Å². The van der Waals surface area contributed by atoms with Crippen molar-refractivity contribution < 1.29 is 9.53 Å². The minimum Gasteiger partial charge on any atom is -0.381 e. The Bertz CT molecular complexity index is 590. The molecule has 1 aliphatic rings. The highest BCUT2D eigenvalue weighted by Gasteiger charge is 2.25. The van der Waals surface area contributed by atoms with Gasteiger partial charge in [0.25, 0.3) is 5.91 Å². The van der Waals surface area contributed by atoms with E-state index < -0.39 is 5.91 Å². The summed E-state index contributed by atoms with van der Waals surface area (Å²) in [6.07, 6.45) is 6.78. The number of hydrogen-bond acceptors (Lipinski definition) is 5. The maximum atomic E-state index is 11.7. The van der Waals surface area contributed by atoms with Gasteiger partial charge in [-0.2, -0.15) is 0 Å². The summed E-state index contributed by atoms with van der Waals surface area (Å²) in [5.74, 6) is 0.482. The summed E-state index contributed by atoms with van der Waals surface area (Å²) in [5.41, 5.74) is 6.80. The van der Waals surface area contributed by atoms with E-state index in [0.717, 1.165) is 31.4 Å². The molecule has 1 amide bonds. The normalized spacial score (nSPS) is 22.4. The number of amides is 1. The van der Waals surface area contributed by atoms with E-state index in [-0.39, 0.29) is 5.41 Å². The van der Waals surface area contributed by atoms with Gasteiger partial charge < -0.3 is 15.8 Å². The molecule has 140 valence electrons. The predicted molar refractivity (Wildman–Crippen MR) is 99.5 cm³/mol. The standard InChI is InChI=1S/C19H32N4O2/c1-12(19(2,3)4)10-16-15(17(20)24)11-21-18(23-16)22-13-6-8-14(25-5)9-7-13/h11-14H,6-10H2,1-5H3,(H2,20,24)(H,21,22,23)/t12-,13?,14?/m1/s1. The van der Waals surface area contributed by atoms with E-state index in [2.05, 4.69) is 43.0 Å². The van der Waals surface area contributed by atoms with E-state index in [9.17, 15) is 4.79 Å². The van der Waals surface area contributed by atoms with Gasteiger partial charge in [0.2, 0.25) is 5.95 Å². The number of anilines is 1. The van der Waals surface area contributed by atoms with E-state index in [1.54, 1.807) is 13.3 Å². The quantitative estimate of drug-likeness (QED) is 0.824. The molecule has 0 bridgehead atoms. The molecule has 1 aromatic rings. The number of nitrogens with zero attached hydrogens (tertiary/aromatic N) is 2. The fourth-order valence-electron chi connectivity index (χ4n) is 3.07. The third kappa shape index (κ3) is 5.39. The van der Waals surface area contributed by atoms with Gasteiger partial charge in [0.05, 0.1) is 17.4 Å². The molecule has 6 nitrogen and oxygen atoms in total. The van der Waals surface area contributed by atoms with E-state index in [1.807, 2.05) is 0 Å². The van der Waals surface area contributed by atoms with Crippen molar-refractivity contribution in [2.24, 2.45) is 17.1 Å². The van der Waals surface area contributed by atoms with Crippen molar-refractivity contribution in [3.8, 4) is 0 Å². The third-order valence-electron chi connectivity index (χ3n) is 5.45. The lowest BCUT2D eigenvalue weighted by Crippen LogP contribution is -2.30. The van der Waals surface area contributed by atoms with Gasteiger partial charge in [-0.1, -0.05) is 27.7 Å². The number of methoxy groups -OCH3 is 1. The lowest BCUT2D eigenvalue weighted by Gasteiger charge is -2.29. The minimum atomic E-state index is -0.469. The monoisotopic (exact) mass is 348 g/mol. The highest BCUT2D eigenvalue weighted by Crippen LogP contribution is 2.29. The molecule has 1 saturated carbocycles. The average Bonchev–Trinajstić information content (AvgIpc) is 2.54. The van der Waals surface area contributed by atoms with E-state index in [4.69, 9.17) is 10.5 Å². The number of nitrogens with two attached hydrogens (primary N) is 1. The Morgan fingerprint density at radius 1 is 1.36 bits per heavy atom. The summed E-state index contributed by atoms with van der Waals surface area (Å²) in [6.45, 7) is 8.74. The Labute approximate surface area is 151 Å². The Balaban J connectivity index is 2.12. The van der Waals surface area contributed by atoms with E-state index in [0.29, 0.717) is 36.0 Å². The molecule has 0 spiro atoms. The molecule has 1 heterocycles. The third-order valence-corrected chi connectivity index (χ3v) is 5.45. The summed E-state index contributed by atoms with van der Waals surface area (Å²) in [4.78, 5) is 20.7. The second-order valence-electron chi connectivity index (χ2n) is 8.24. The summed E-state index contributed by atoms with van der Waals surface area (Å²) >= 11 is 0. The Morgan fingerprint density at radius 2 is 2.00 bits per heavy atom. The van der Waals surface area contributed by atoms with Gasteiger partial charge >= 0.3 is 0 Å². The fourth-order valence-corrected chi connectivity index (χ4v) is 3.07. The Morgan fingerprint density at radius 3 is 2.52 bits per heavy atom. The van der Waals surface area contributed by atoms with Gasteiger partial charge in [-0.05, 0) is 43.4 Å². The number of rotatable bonds is 6. The molecule has 6 heteroatoms. The van der Waals surface area contributed by atoms with Crippen LogP contribution in [0.5, 0.6) is 0 Å². The maximum absolute atomic E-state index is 11.7. The molecular weight excluding hydrogens is 316 g/mol. The lowest BCUT2D eigenvalue weighted by atomic mass is 9.79. The number of carbonyl (C=O) groups excluding carboxylic acids is 1. The van der Waals surface area contributed by atoms with Crippen LogP contribution in [0, 0.1) is 11.3 Å². The van der Waals surface area contributed by atoms with Gasteiger partial charge in [0, 0.05) is 19.3 Å². The van der Waals surface area contributed by atoms with Crippen LogP contribution in [0.4, 0.5) is 5.95 Å². The Kier molecular flexibility index (Phi) is 6.38. The van der Waals surface area contributed by atoms with Crippen molar-refractivity contribution in [3.63, 3.8) is 0 Å². The number of ether oxygens (including phenoxy) is 1. The molecule has 0 aliphatic heterocycles. The van der Waals surface area contributed by atoms with Crippen LogP contribution in [-0.4, -0.2) is 35.1 Å². The van der Waals surface area contributed by atoms with Gasteiger partial charge in [-0.3, -0.25) is 4.79 Å². The SMILES string of the molecule is COC1CCC(Nc2ncc(C(N)=O)c(C[C@@H](C)C(C)(C)C)n2)CC1. The molecule has 1 atom stereocenters. The average molecular weight is 348 g/mol. The molecule has 3 N–H and O–H groups in total. The van der Waals surface area contributed by atoms with Gasteiger partial charge in [-0.25, -0.2) is 9.97 Å². The van der Waals surface area contributed by atoms with Crippen molar-refractivity contribution in [2.75, 3.05) is 12.4 Å². The van der Waals surface area contributed by atoms with Gasteiger partial charge in [0.1, 0.15) is 0 Å². The molecular formula is C19H32N4O2. The number of primary amides is 1. The zero-order valence-electron chi connectivity index (χ0n) is 16.1. The highest BCUT2D eigenvalue weighted by atomic mass is 16.5. The molecule has 1 aromatic heterocycles. The van der Waals surface area contributed by atoms with Crippen LogP contribution in [0.15, 0.2) is 6.20 Å². The molecule has 0 saturated heterocycles. The zero-order valence-corrected chi connectivity index (χ0v) is 16.1. The molecule has 0 unspecified atom stereocenters. The zero-order chi connectivity index (χ0) is 18.6. The van der Waals surface area contributed by atoms with Crippen LogP contribution in [0.2, 0.25) is 0 Å². The first-order valence-electron chi connectivity index (χ1n) is 9.15. The van der Waals surface area contributed by atoms with Crippen LogP contribution in [-0.2, 0) is 11.2 Å². The topological polar surface area (TPSA) is 90.1 Å². The first-order chi connectivity index (χ1) is 11.7. The van der Waals surface area contributed by atoms with Crippen LogP contribution in [0.25, 0.3) is 0 Å². The maximum Gasteiger partial charge on any atom is 0.252 e. The van der Waals surface area contributed by atoms with Crippen molar-refractivity contribution in [3.05, 3.63) is 17.5 Å². The largest absolute Gasteiger partial charge is 0.381 e. The Hall–Kier alpha value is -1.69. The van der Waals surface area contributed by atoms with Crippen LogP contribution in [0.3, 0.4) is 0 Å². The second-order valence-corrected chi connectivity index (χ2v) is 8.24. The van der Waals surface area contributed by atoms with Crippen LogP contribution in [0.1, 0.15) is 69.4 Å². The smallest absolute Gasteiger partial charge is 0.252 e. The molecule has 1 aliphatic carbocycles. The first kappa shape index (κ1) is 19.6. The summed E-state index contributed by atoms with van der Waals surface area (Å²) in [6, 6.07) is 0.346. The summed E-state index contributed by atoms with van der Waals surface area (Å²) < 4.78 is 5.42. The number of aromatic nitrogens is 2. The molecule has 25 heavy (non-hydrogen) atoms. The molecule has 2 rings (SSSR count). The van der Waals surface area contributed by atoms with E-state index >= 15 is 0 Å². The van der Waals surface area contributed by atoms with Crippen LogP contribution < -0.4 is 11.1 Å². The van der Waals surface area contributed by atoms with Crippen molar-refractivity contribution in [2.45, 2.75) is 71.9 Å². The lowest BCUT2D eigenvalue weighted by molar-refractivity contribution is 0.0681. The van der Waals surface area contributed by atoms with E-state index in [1.165, 1.54) is 0 Å². The fraction of sp³-hybridized carbons (Fsp3) is 0.737. The van der Waals surface area contributed by atoms with Crippen molar-refractivity contribution in [1.82, 2.24) is 9.97 Å². The summed E-state index contributed by atoms with van der Waals surface area (Å²) in [7, 11) is 1.77. The molecule has 0 aromatic carbocycles. The minimum absolute atomic E-state index is 0.131. The summed E-state index contributed by atoms with van der Waals surface area (Å²) in [5, 5.41) is 3.41. The highest BCUT2D eigenvalue weighted by molar-refractivity contribution is 5.93. The number of hydrogen-bond donors (Lipinski definition) is 2. The van der Waals surface area contributed by atoms with Crippen molar-refractivity contribution >= 4 is 11.9 Å². The molecule has 0 radical (unpaired) electrons.